The molecule has 0 aliphatic rings. The minimum absolute atomic E-state index is 0.110. The number of nitrogens with zero attached hydrogens (tertiary/aromatic N) is 5. The zero-order chi connectivity index (χ0) is 22.2. The van der Waals surface area contributed by atoms with Gasteiger partial charge in [0.2, 0.25) is 0 Å². The van der Waals surface area contributed by atoms with Crippen molar-refractivity contribution in [3.8, 4) is 11.4 Å². The molecule has 0 N–H and O–H groups in total. The molecule has 2 aromatic heterocycles. The number of hydrogen-bond donors (Lipinski definition) is 0. The second kappa shape index (κ2) is 8.38. The van der Waals surface area contributed by atoms with E-state index in [1.165, 1.54) is 33.1 Å². The lowest BCUT2D eigenvalue weighted by atomic mass is 10.3. The Morgan fingerprint density at radius 1 is 0.812 bits per heavy atom. The van der Waals surface area contributed by atoms with Gasteiger partial charge in [0, 0.05) is 14.9 Å². The third-order valence-corrected chi connectivity index (χ3v) is 6.09. The first kappa shape index (κ1) is 20.7. The van der Waals surface area contributed by atoms with Crippen LogP contribution in [0.15, 0.2) is 87.6 Å². The molecule has 0 bridgehead atoms. The fourth-order valence-electron chi connectivity index (χ4n) is 3.10. The van der Waals surface area contributed by atoms with Crippen molar-refractivity contribution in [2.24, 2.45) is 0 Å². The average Bonchev–Trinajstić information content (AvgIpc) is 3.21. The summed E-state index contributed by atoms with van der Waals surface area (Å²) in [5.74, 6) is -0.349. The molecular weight excluding hydrogens is 472 g/mol. The predicted octanol–water partition coefficient (Wildman–Crippen LogP) is 5.56. The van der Waals surface area contributed by atoms with Gasteiger partial charge in [-0.1, -0.05) is 40.2 Å². The van der Waals surface area contributed by atoms with Gasteiger partial charge < -0.3 is 0 Å². The summed E-state index contributed by atoms with van der Waals surface area (Å²) in [6.07, 6.45) is 0. The van der Waals surface area contributed by atoms with Crippen molar-refractivity contribution in [1.29, 1.82) is 0 Å². The summed E-state index contributed by atoms with van der Waals surface area (Å²) >= 11 is 13.2. The van der Waals surface area contributed by atoms with Gasteiger partial charge in [0.15, 0.2) is 16.3 Å². The molecule has 0 aliphatic carbocycles. The van der Waals surface area contributed by atoms with Crippen LogP contribution in [0.3, 0.4) is 0 Å². The van der Waals surface area contributed by atoms with E-state index in [2.05, 4.69) is 10.3 Å². The van der Waals surface area contributed by atoms with Crippen LogP contribution < -0.4 is 5.56 Å². The molecule has 0 aliphatic heterocycles. The maximum absolute atomic E-state index is 13.5. The van der Waals surface area contributed by atoms with E-state index in [0.717, 1.165) is 0 Å². The molecule has 32 heavy (non-hydrogen) atoms. The summed E-state index contributed by atoms with van der Waals surface area (Å²) in [6.45, 7) is 0. The third kappa shape index (κ3) is 3.88. The Morgan fingerprint density at radius 3 is 2.03 bits per heavy atom. The quantitative estimate of drug-likeness (QED) is 0.313. The molecule has 0 unspecified atom stereocenters. The monoisotopic (exact) mass is 483 g/mol. The first-order valence-corrected chi connectivity index (χ1v) is 10.9. The maximum Gasteiger partial charge on any atom is 0.288 e. The van der Waals surface area contributed by atoms with Crippen molar-refractivity contribution >= 4 is 46.1 Å². The minimum Gasteiger partial charge on any atom is -0.266 e. The fraction of sp³-hybridized carbons (Fsp3) is 0. The number of hydrogen-bond acceptors (Lipinski definition) is 5. The number of aromatic nitrogens is 5. The lowest BCUT2D eigenvalue weighted by Crippen LogP contribution is -2.22. The Hall–Kier alpha value is -3.20. The molecule has 0 radical (unpaired) electrons. The van der Waals surface area contributed by atoms with Crippen molar-refractivity contribution in [1.82, 2.24) is 24.5 Å². The SMILES string of the molecule is O=c1c2nnn(-c3ccc(Cl)cc3)c2nc(Sc2ccc(F)cc2)n1-c1ccc(Cl)cc1. The Bertz CT molecular complexity index is 1480. The van der Waals surface area contributed by atoms with E-state index in [4.69, 9.17) is 28.2 Å². The summed E-state index contributed by atoms with van der Waals surface area (Å²) in [4.78, 5) is 18.9. The van der Waals surface area contributed by atoms with Crippen LogP contribution in [0.2, 0.25) is 10.0 Å². The first-order chi connectivity index (χ1) is 15.5. The van der Waals surface area contributed by atoms with E-state index in [1.54, 1.807) is 60.7 Å². The third-order valence-electron chi connectivity index (χ3n) is 4.62. The van der Waals surface area contributed by atoms with Crippen LogP contribution in [-0.2, 0) is 0 Å². The van der Waals surface area contributed by atoms with E-state index >= 15 is 0 Å². The summed E-state index contributed by atoms with van der Waals surface area (Å²) in [5.41, 5.74) is 1.25. The molecule has 5 rings (SSSR count). The van der Waals surface area contributed by atoms with Crippen LogP contribution >= 0.6 is 35.0 Å². The zero-order valence-electron chi connectivity index (χ0n) is 16.1. The van der Waals surface area contributed by atoms with Gasteiger partial charge in [0.25, 0.3) is 5.56 Å². The molecule has 0 amide bonds. The van der Waals surface area contributed by atoms with E-state index in [1.807, 2.05) is 0 Å². The standard InChI is InChI=1S/C22H12Cl2FN5OS/c23-13-1-7-16(8-2-13)29-21(31)19-20(26-22(29)32-18-11-5-15(25)6-12-18)30(28-27-19)17-9-3-14(24)4-10-17/h1-12H. The zero-order valence-corrected chi connectivity index (χ0v) is 18.4. The highest BCUT2D eigenvalue weighted by atomic mass is 35.5. The lowest BCUT2D eigenvalue weighted by Gasteiger charge is -2.12. The number of benzene rings is 3. The molecule has 0 atom stereocenters. The summed E-state index contributed by atoms with van der Waals surface area (Å²) in [5, 5.41) is 9.69. The highest BCUT2D eigenvalue weighted by Gasteiger charge is 2.19. The topological polar surface area (TPSA) is 65.6 Å². The Kier molecular flexibility index (Phi) is 5.42. The van der Waals surface area contributed by atoms with Crippen LogP contribution in [0, 0.1) is 5.82 Å². The van der Waals surface area contributed by atoms with Crippen molar-refractivity contribution in [2.75, 3.05) is 0 Å². The smallest absolute Gasteiger partial charge is 0.266 e. The second-order valence-corrected chi connectivity index (χ2v) is 8.63. The van der Waals surface area contributed by atoms with Gasteiger partial charge in [-0.25, -0.2) is 9.37 Å². The van der Waals surface area contributed by atoms with E-state index in [9.17, 15) is 9.18 Å². The molecule has 5 aromatic rings. The fourth-order valence-corrected chi connectivity index (χ4v) is 4.25. The van der Waals surface area contributed by atoms with Crippen LogP contribution in [0.25, 0.3) is 22.5 Å². The minimum atomic E-state index is -0.387. The Balaban J connectivity index is 1.74. The van der Waals surface area contributed by atoms with Crippen LogP contribution in [0.4, 0.5) is 4.39 Å². The van der Waals surface area contributed by atoms with Crippen molar-refractivity contribution in [2.45, 2.75) is 10.1 Å². The number of fused-ring (bicyclic) bond motifs is 1. The van der Waals surface area contributed by atoms with E-state index < -0.39 is 0 Å². The van der Waals surface area contributed by atoms with Gasteiger partial charge in [0.1, 0.15) is 5.82 Å². The van der Waals surface area contributed by atoms with Crippen LogP contribution in [0.5, 0.6) is 0 Å². The number of rotatable bonds is 4. The summed E-state index contributed by atoms with van der Waals surface area (Å²) in [7, 11) is 0. The molecule has 10 heteroatoms. The normalized spacial score (nSPS) is 11.2. The molecule has 0 fully saturated rings. The molecule has 2 heterocycles. The molecule has 3 aromatic carbocycles. The molecule has 0 spiro atoms. The largest absolute Gasteiger partial charge is 0.288 e. The molecule has 6 nitrogen and oxygen atoms in total. The molecule has 158 valence electrons. The summed E-state index contributed by atoms with van der Waals surface area (Å²) < 4.78 is 16.3. The van der Waals surface area contributed by atoms with Crippen molar-refractivity contribution < 1.29 is 4.39 Å². The van der Waals surface area contributed by atoms with E-state index in [-0.39, 0.29) is 16.9 Å². The predicted molar refractivity (Wildman–Crippen MR) is 123 cm³/mol. The lowest BCUT2D eigenvalue weighted by molar-refractivity contribution is 0.626. The first-order valence-electron chi connectivity index (χ1n) is 9.33. The van der Waals surface area contributed by atoms with Crippen LogP contribution in [-0.4, -0.2) is 24.5 Å². The van der Waals surface area contributed by atoms with Gasteiger partial charge in [-0.15, -0.1) is 5.10 Å². The van der Waals surface area contributed by atoms with Gasteiger partial charge >= 0.3 is 0 Å². The average molecular weight is 484 g/mol. The van der Waals surface area contributed by atoms with Gasteiger partial charge in [-0.3, -0.25) is 9.36 Å². The van der Waals surface area contributed by atoms with Crippen molar-refractivity contribution in [3.05, 3.63) is 99.0 Å². The maximum atomic E-state index is 13.5. The molecular formula is C22H12Cl2FN5OS. The van der Waals surface area contributed by atoms with Gasteiger partial charge in [-0.2, -0.15) is 4.68 Å². The highest BCUT2D eigenvalue weighted by molar-refractivity contribution is 7.99. The Labute approximate surface area is 195 Å². The van der Waals surface area contributed by atoms with E-state index in [0.29, 0.717) is 37.1 Å². The highest BCUT2D eigenvalue weighted by Crippen LogP contribution is 2.29. The van der Waals surface area contributed by atoms with Crippen LogP contribution in [0.1, 0.15) is 0 Å². The molecule has 0 saturated carbocycles. The molecule has 0 saturated heterocycles. The van der Waals surface area contributed by atoms with Gasteiger partial charge in [0.05, 0.1) is 11.4 Å². The van der Waals surface area contributed by atoms with Gasteiger partial charge in [-0.05, 0) is 72.8 Å². The van der Waals surface area contributed by atoms with Crippen molar-refractivity contribution in [3.63, 3.8) is 0 Å². The Morgan fingerprint density at radius 2 is 1.41 bits per heavy atom. The number of halogens is 3. The summed E-state index contributed by atoms with van der Waals surface area (Å²) in [6, 6.07) is 19.7. The second-order valence-electron chi connectivity index (χ2n) is 6.72.